The Morgan fingerprint density at radius 3 is 2.80 bits per heavy atom. The number of aromatic nitrogens is 1. The maximum absolute atomic E-state index is 13.6. The maximum atomic E-state index is 13.6. The molecule has 5 nitrogen and oxygen atoms in total. The molecule has 0 unspecified atom stereocenters. The predicted octanol–water partition coefficient (Wildman–Crippen LogP) is 0.969. The first-order valence-electron chi connectivity index (χ1n) is 4.03. The van der Waals surface area contributed by atoms with Crippen molar-refractivity contribution in [3.8, 4) is 0 Å². The number of aromatic carboxylic acids is 1. The summed E-state index contributed by atoms with van der Waals surface area (Å²) in [7, 11) is 1.31. The third-order valence-electron chi connectivity index (χ3n) is 2.12. The van der Waals surface area contributed by atoms with Crippen LogP contribution in [-0.2, 0) is 7.05 Å². The zero-order valence-corrected chi connectivity index (χ0v) is 7.65. The van der Waals surface area contributed by atoms with E-state index in [1.165, 1.54) is 13.1 Å². The van der Waals surface area contributed by atoms with Crippen LogP contribution in [0.5, 0.6) is 0 Å². The number of carboxylic acids is 1. The lowest BCUT2D eigenvalue weighted by molar-refractivity contribution is 0.0692. The quantitative estimate of drug-likeness (QED) is 0.762. The minimum absolute atomic E-state index is 0.0324. The second-order valence-electron chi connectivity index (χ2n) is 3.01. The number of carbonyl (C=O) groups is 1. The van der Waals surface area contributed by atoms with E-state index in [-0.39, 0.29) is 11.1 Å². The zero-order chi connectivity index (χ0) is 11.2. The van der Waals surface area contributed by atoms with Crippen molar-refractivity contribution in [1.29, 1.82) is 0 Å². The average Bonchev–Trinajstić information content (AvgIpc) is 2.43. The van der Waals surface area contributed by atoms with Gasteiger partial charge in [0.1, 0.15) is 5.52 Å². The fourth-order valence-corrected chi connectivity index (χ4v) is 1.36. The minimum atomic E-state index is -1.39. The molecule has 0 spiro atoms. The number of aryl methyl sites for hydroxylation is 1. The van der Waals surface area contributed by atoms with Crippen LogP contribution in [0, 0.1) is 5.82 Å². The number of fused-ring (bicyclic) bond motifs is 1. The highest BCUT2D eigenvalue weighted by molar-refractivity contribution is 5.92. The Kier molecular flexibility index (Phi) is 1.85. The molecule has 2 rings (SSSR count). The monoisotopic (exact) mass is 211 g/mol. The van der Waals surface area contributed by atoms with Gasteiger partial charge < -0.3 is 9.52 Å². The second-order valence-corrected chi connectivity index (χ2v) is 3.01. The SMILES string of the molecule is Cn1c(=O)oc2ccc(C(=O)O)c(F)c21. The molecule has 0 saturated carbocycles. The molecule has 0 aliphatic heterocycles. The number of hydrogen-bond donors (Lipinski definition) is 1. The van der Waals surface area contributed by atoms with Crippen molar-refractivity contribution >= 4 is 17.1 Å². The van der Waals surface area contributed by atoms with Crippen molar-refractivity contribution in [3.63, 3.8) is 0 Å². The molecule has 1 aromatic carbocycles. The first-order valence-corrected chi connectivity index (χ1v) is 4.03. The van der Waals surface area contributed by atoms with E-state index in [9.17, 15) is 14.0 Å². The molecule has 78 valence electrons. The lowest BCUT2D eigenvalue weighted by Crippen LogP contribution is -2.10. The highest BCUT2D eigenvalue weighted by Gasteiger charge is 2.18. The van der Waals surface area contributed by atoms with Crippen LogP contribution in [0.25, 0.3) is 11.1 Å². The molecule has 0 amide bonds. The van der Waals surface area contributed by atoms with Crippen molar-refractivity contribution in [2.24, 2.45) is 7.05 Å². The van der Waals surface area contributed by atoms with E-state index in [0.717, 1.165) is 10.6 Å². The van der Waals surface area contributed by atoms with Gasteiger partial charge in [0, 0.05) is 7.05 Å². The average molecular weight is 211 g/mol. The summed E-state index contributed by atoms with van der Waals surface area (Å²) >= 11 is 0. The van der Waals surface area contributed by atoms with E-state index >= 15 is 0 Å². The third-order valence-corrected chi connectivity index (χ3v) is 2.12. The van der Waals surface area contributed by atoms with Gasteiger partial charge in [-0.05, 0) is 12.1 Å². The predicted molar refractivity (Wildman–Crippen MR) is 48.4 cm³/mol. The summed E-state index contributed by atoms with van der Waals surface area (Å²) in [6.45, 7) is 0. The fourth-order valence-electron chi connectivity index (χ4n) is 1.36. The smallest absolute Gasteiger partial charge is 0.419 e. The van der Waals surface area contributed by atoms with E-state index in [1.54, 1.807) is 0 Å². The summed E-state index contributed by atoms with van der Waals surface area (Å²) in [5, 5.41) is 8.66. The number of benzene rings is 1. The van der Waals surface area contributed by atoms with Crippen molar-refractivity contribution in [3.05, 3.63) is 34.1 Å². The van der Waals surface area contributed by atoms with E-state index in [4.69, 9.17) is 5.11 Å². The first-order chi connectivity index (χ1) is 7.02. The van der Waals surface area contributed by atoms with Crippen LogP contribution in [0.3, 0.4) is 0 Å². The molecule has 6 heteroatoms. The van der Waals surface area contributed by atoms with Gasteiger partial charge in [0.25, 0.3) is 0 Å². The molecular formula is C9H6FNO4. The molecule has 0 saturated heterocycles. The molecule has 0 fully saturated rings. The molecule has 1 N–H and O–H groups in total. The van der Waals surface area contributed by atoms with Gasteiger partial charge in [-0.2, -0.15) is 0 Å². The summed E-state index contributed by atoms with van der Waals surface area (Å²) in [5.41, 5.74) is -0.594. The van der Waals surface area contributed by atoms with Gasteiger partial charge in [-0.3, -0.25) is 4.57 Å². The van der Waals surface area contributed by atoms with Crippen LogP contribution in [0.15, 0.2) is 21.3 Å². The van der Waals surface area contributed by atoms with Gasteiger partial charge in [-0.25, -0.2) is 14.0 Å². The Morgan fingerprint density at radius 2 is 2.20 bits per heavy atom. The molecule has 2 aromatic rings. The lowest BCUT2D eigenvalue weighted by Gasteiger charge is -1.98. The van der Waals surface area contributed by atoms with Gasteiger partial charge in [0.15, 0.2) is 11.4 Å². The summed E-state index contributed by atoms with van der Waals surface area (Å²) in [6, 6.07) is 2.31. The Labute approximate surface area is 82.3 Å². The lowest BCUT2D eigenvalue weighted by atomic mass is 10.2. The Hall–Kier alpha value is -2.11. The first kappa shape index (κ1) is 9.45. The zero-order valence-electron chi connectivity index (χ0n) is 7.65. The Balaban J connectivity index is 2.95. The van der Waals surface area contributed by atoms with Crippen LogP contribution < -0.4 is 5.76 Å². The number of hydrogen-bond acceptors (Lipinski definition) is 3. The summed E-state index contributed by atoms with van der Waals surface area (Å²) < 4.78 is 19.2. The van der Waals surface area contributed by atoms with Crippen molar-refractivity contribution in [1.82, 2.24) is 4.57 Å². The van der Waals surface area contributed by atoms with Gasteiger partial charge >= 0.3 is 11.7 Å². The van der Waals surface area contributed by atoms with Crippen molar-refractivity contribution < 1.29 is 18.7 Å². The highest BCUT2D eigenvalue weighted by Crippen LogP contribution is 2.19. The molecular weight excluding hydrogens is 205 g/mol. The number of oxazole rings is 1. The van der Waals surface area contributed by atoms with Crippen LogP contribution >= 0.6 is 0 Å². The van der Waals surface area contributed by atoms with Crippen LogP contribution in [0.1, 0.15) is 10.4 Å². The molecule has 1 heterocycles. The molecule has 1 aromatic heterocycles. The van der Waals surface area contributed by atoms with E-state index in [2.05, 4.69) is 4.42 Å². The number of nitrogens with zero attached hydrogens (tertiary/aromatic N) is 1. The van der Waals surface area contributed by atoms with Crippen LogP contribution in [0.2, 0.25) is 0 Å². The molecule has 0 aliphatic carbocycles. The summed E-state index contributed by atoms with van der Waals surface area (Å²) in [5.74, 6) is -3.08. The van der Waals surface area contributed by atoms with Gasteiger partial charge in [-0.15, -0.1) is 0 Å². The van der Waals surface area contributed by atoms with Gasteiger partial charge in [-0.1, -0.05) is 0 Å². The van der Waals surface area contributed by atoms with Crippen LogP contribution in [0.4, 0.5) is 4.39 Å². The van der Waals surface area contributed by atoms with Crippen molar-refractivity contribution in [2.45, 2.75) is 0 Å². The largest absolute Gasteiger partial charge is 0.478 e. The Bertz CT molecular complexity index is 610. The molecule has 15 heavy (non-hydrogen) atoms. The van der Waals surface area contributed by atoms with E-state index in [1.807, 2.05) is 0 Å². The van der Waals surface area contributed by atoms with Gasteiger partial charge in [0.05, 0.1) is 5.56 Å². The molecule has 0 radical (unpaired) electrons. The standard InChI is InChI=1S/C9H6FNO4/c1-11-7-5(15-9(11)14)3-2-4(6(7)10)8(12)13/h2-3H,1H3,(H,12,13). The van der Waals surface area contributed by atoms with Gasteiger partial charge in [0.2, 0.25) is 0 Å². The van der Waals surface area contributed by atoms with Crippen LogP contribution in [-0.4, -0.2) is 15.6 Å². The molecule has 0 aliphatic rings. The van der Waals surface area contributed by atoms with Crippen molar-refractivity contribution in [2.75, 3.05) is 0 Å². The highest BCUT2D eigenvalue weighted by atomic mass is 19.1. The summed E-state index contributed by atoms with van der Waals surface area (Å²) in [6.07, 6.45) is 0. The third kappa shape index (κ3) is 1.22. The second kappa shape index (κ2) is 2.94. The fraction of sp³-hybridized carbons (Fsp3) is 0.111. The number of rotatable bonds is 1. The topological polar surface area (TPSA) is 72.4 Å². The molecule has 0 atom stereocenters. The maximum Gasteiger partial charge on any atom is 0.419 e. The number of halogens is 1. The normalized spacial score (nSPS) is 10.8. The van der Waals surface area contributed by atoms with E-state index < -0.39 is 23.1 Å². The van der Waals surface area contributed by atoms with E-state index in [0.29, 0.717) is 0 Å². The minimum Gasteiger partial charge on any atom is -0.478 e. The Morgan fingerprint density at radius 1 is 1.53 bits per heavy atom. The summed E-state index contributed by atoms with van der Waals surface area (Å²) in [4.78, 5) is 21.7. The molecule has 0 bridgehead atoms. The number of carboxylic acid groups (broad SMARTS) is 1.